The average Bonchev–Trinajstić information content (AvgIpc) is 2.50. The molecule has 4 nitrogen and oxygen atoms in total. The standard InChI is InChI=1S/C9H10N2O2/c1-7-8(3-6-13-7)9(12)11(2)5-4-10/h3,6H,5H2,1-2H3. The van der Waals surface area contributed by atoms with Crippen molar-refractivity contribution in [3.8, 4) is 6.07 Å². The van der Waals surface area contributed by atoms with Crippen molar-refractivity contribution in [2.24, 2.45) is 0 Å². The van der Waals surface area contributed by atoms with Gasteiger partial charge in [0.15, 0.2) is 0 Å². The van der Waals surface area contributed by atoms with Crippen LogP contribution in [0.5, 0.6) is 0 Å². The largest absolute Gasteiger partial charge is 0.469 e. The highest BCUT2D eigenvalue weighted by molar-refractivity contribution is 5.95. The van der Waals surface area contributed by atoms with Gasteiger partial charge in [-0.1, -0.05) is 0 Å². The molecule has 13 heavy (non-hydrogen) atoms. The van der Waals surface area contributed by atoms with Crippen molar-refractivity contribution in [3.63, 3.8) is 0 Å². The van der Waals surface area contributed by atoms with Gasteiger partial charge in [-0.3, -0.25) is 4.79 Å². The van der Waals surface area contributed by atoms with E-state index in [0.717, 1.165) is 0 Å². The van der Waals surface area contributed by atoms with Gasteiger partial charge in [-0.15, -0.1) is 0 Å². The molecule has 4 heteroatoms. The lowest BCUT2D eigenvalue weighted by Gasteiger charge is -2.11. The van der Waals surface area contributed by atoms with Crippen LogP contribution in [0.25, 0.3) is 0 Å². The molecule has 0 saturated heterocycles. The first-order valence-electron chi connectivity index (χ1n) is 3.83. The zero-order valence-corrected chi connectivity index (χ0v) is 7.57. The second-order valence-corrected chi connectivity index (χ2v) is 2.71. The van der Waals surface area contributed by atoms with E-state index in [0.29, 0.717) is 11.3 Å². The van der Waals surface area contributed by atoms with Crippen molar-refractivity contribution in [2.75, 3.05) is 13.6 Å². The third-order valence-corrected chi connectivity index (χ3v) is 1.74. The fourth-order valence-corrected chi connectivity index (χ4v) is 0.990. The van der Waals surface area contributed by atoms with E-state index >= 15 is 0 Å². The summed E-state index contributed by atoms with van der Waals surface area (Å²) in [5.74, 6) is 0.391. The number of amides is 1. The zero-order valence-electron chi connectivity index (χ0n) is 7.57. The Labute approximate surface area is 76.4 Å². The maximum Gasteiger partial charge on any atom is 0.257 e. The van der Waals surface area contributed by atoms with Gasteiger partial charge in [0.25, 0.3) is 5.91 Å². The van der Waals surface area contributed by atoms with E-state index in [1.165, 1.54) is 11.2 Å². The Morgan fingerprint density at radius 1 is 1.77 bits per heavy atom. The van der Waals surface area contributed by atoms with Crippen LogP contribution in [0.4, 0.5) is 0 Å². The molecule has 1 aromatic rings. The van der Waals surface area contributed by atoms with Crippen LogP contribution < -0.4 is 0 Å². The molecular formula is C9H10N2O2. The highest BCUT2D eigenvalue weighted by Gasteiger charge is 2.15. The molecule has 68 valence electrons. The summed E-state index contributed by atoms with van der Waals surface area (Å²) < 4.78 is 4.98. The minimum absolute atomic E-state index is 0.0868. The lowest BCUT2D eigenvalue weighted by molar-refractivity contribution is 0.0810. The Hall–Kier alpha value is -1.76. The van der Waals surface area contributed by atoms with Gasteiger partial charge >= 0.3 is 0 Å². The molecule has 0 atom stereocenters. The molecule has 0 fully saturated rings. The molecule has 0 unspecified atom stereocenters. The van der Waals surface area contributed by atoms with Gasteiger partial charge in [0.2, 0.25) is 0 Å². The Bertz CT molecular complexity index is 349. The Balaban J connectivity index is 2.81. The Kier molecular flexibility index (Phi) is 2.70. The molecule has 1 amide bonds. The van der Waals surface area contributed by atoms with E-state index in [4.69, 9.17) is 9.68 Å². The molecule has 1 rings (SSSR count). The van der Waals surface area contributed by atoms with E-state index in [-0.39, 0.29) is 12.5 Å². The lowest BCUT2D eigenvalue weighted by Crippen LogP contribution is -2.27. The summed E-state index contributed by atoms with van der Waals surface area (Å²) in [5.41, 5.74) is 0.512. The topological polar surface area (TPSA) is 57.2 Å². The summed E-state index contributed by atoms with van der Waals surface area (Å²) in [4.78, 5) is 12.9. The third-order valence-electron chi connectivity index (χ3n) is 1.74. The number of hydrogen-bond donors (Lipinski definition) is 0. The number of nitriles is 1. The van der Waals surface area contributed by atoms with Crippen LogP contribution >= 0.6 is 0 Å². The minimum atomic E-state index is -0.187. The van der Waals surface area contributed by atoms with Gasteiger partial charge in [-0.05, 0) is 13.0 Å². The highest BCUT2D eigenvalue weighted by atomic mass is 16.3. The van der Waals surface area contributed by atoms with Crippen molar-refractivity contribution in [3.05, 3.63) is 23.7 Å². The summed E-state index contributed by atoms with van der Waals surface area (Å²) in [6.07, 6.45) is 1.46. The van der Waals surface area contributed by atoms with Gasteiger partial charge in [0.05, 0.1) is 17.9 Å². The summed E-state index contributed by atoms with van der Waals surface area (Å²) >= 11 is 0. The quantitative estimate of drug-likeness (QED) is 0.639. The van der Waals surface area contributed by atoms with Crippen molar-refractivity contribution in [1.29, 1.82) is 5.26 Å². The van der Waals surface area contributed by atoms with E-state index in [2.05, 4.69) is 0 Å². The highest BCUT2D eigenvalue weighted by Crippen LogP contribution is 2.10. The molecule has 0 bridgehead atoms. The number of hydrogen-bond acceptors (Lipinski definition) is 3. The van der Waals surface area contributed by atoms with Crippen molar-refractivity contribution < 1.29 is 9.21 Å². The predicted octanol–water partition coefficient (Wildman–Crippen LogP) is 1.18. The molecule has 0 aliphatic heterocycles. The average molecular weight is 178 g/mol. The van der Waals surface area contributed by atoms with Crippen molar-refractivity contribution in [2.45, 2.75) is 6.92 Å². The fourth-order valence-electron chi connectivity index (χ4n) is 0.990. The molecule has 0 N–H and O–H groups in total. The SMILES string of the molecule is Cc1occc1C(=O)N(C)CC#N. The van der Waals surface area contributed by atoms with E-state index in [1.807, 2.05) is 6.07 Å². The first kappa shape index (κ1) is 9.33. The number of carbonyl (C=O) groups is 1. The van der Waals surface area contributed by atoms with Gasteiger partial charge in [-0.2, -0.15) is 5.26 Å². The van der Waals surface area contributed by atoms with E-state index < -0.39 is 0 Å². The van der Waals surface area contributed by atoms with Crippen LogP contribution in [0, 0.1) is 18.3 Å². The van der Waals surface area contributed by atoms with Crippen LogP contribution in [-0.4, -0.2) is 24.4 Å². The van der Waals surface area contributed by atoms with Gasteiger partial charge in [0, 0.05) is 7.05 Å². The van der Waals surface area contributed by atoms with Gasteiger partial charge in [0.1, 0.15) is 12.3 Å². The summed E-state index contributed by atoms with van der Waals surface area (Å²) in [5, 5.41) is 8.39. The number of furan rings is 1. The monoisotopic (exact) mass is 178 g/mol. The molecule has 0 aliphatic rings. The number of rotatable bonds is 2. The maximum atomic E-state index is 11.5. The Morgan fingerprint density at radius 3 is 2.92 bits per heavy atom. The van der Waals surface area contributed by atoms with Crippen molar-refractivity contribution in [1.82, 2.24) is 4.90 Å². The van der Waals surface area contributed by atoms with Crippen LogP contribution in [0.15, 0.2) is 16.7 Å². The van der Waals surface area contributed by atoms with Crippen LogP contribution in [-0.2, 0) is 0 Å². The number of aryl methyl sites for hydroxylation is 1. The number of carbonyl (C=O) groups excluding carboxylic acids is 1. The third kappa shape index (κ3) is 1.88. The molecule has 0 saturated carbocycles. The zero-order chi connectivity index (χ0) is 9.84. The normalized spacial score (nSPS) is 9.31. The lowest BCUT2D eigenvalue weighted by atomic mass is 10.2. The number of nitrogens with zero attached hydrogens (tertiary/aromatic N) is 2. The second kappa shape index (κ2) is 3.76. The fraction of sp³-hybridized carbons (Fsp3) is 0.333. The van der Waals surface area contributed by atoms with Gasteiger partial charge in [-0.25, -0.2) is 0 Å². The smallest absolute Gasteiger partial charge is 0.257 e. The Morgan fingerprint density at radius 2 is 2.46 bits per heavy atom. The molecule has 0 radical (unpaired) electrons. The van der Waals surface area contributed by atoms with E-state index in [1.54, 1.807) is 20.0 Å². The molecule has 1 heterocycles. The first-order chi connectivity index (χ1) is 6.16. The molecule has 0 aromatic carbocycles. The van der Waals surface area contributed by atoms with E-state index in [9.17, 15) is 4.79 Å². The van der Waals surface area contributed by atoms with Crippen LogP contribution in [0.2, 0.25) is 0 Å². The molecule has 0 spiro atoms. The second-order valence-electron chi connectivity index (χ2n) is 2.71. The predicted molar refractivity (Wildman–Crippen MR) is 46.0 cm³/mol. The minimum Gasteiger partial charge on any atom is -0.469 e. The molecule has 1 aromatic heterocycles. The maximum absolute atomic E-state index is 11.5. The summed E-state index contributed by atoms with van der Waals surface area (Å²) in [6.45, 7) is 1.80. The van der Waals surface area contributed by atoms with Crippen LogP contribution in [0.1, 0.15) is 16.1 Å². The summed E-state index contributed by atoms with van der Waals surface area (Å²) in [6, 6.07) is 3.51. The summed E-state index contributed by atoms with van der Waals surface area (Å²) in [7, 11) is 1.58. The first-order valence-corrected chi connectivity index (χ1v) is 3.83. The van der Waals surface area contributed by atoms with Crippen LogP contribution in [0.3, 0.4) is 0 Å². The molecular weight excluding hydrogens is 168 g/mol. The van der Waals surface area contributed by atoms with Crippen molar-refractivity contribution >= 4 is 5.91 Å². The van der Waals surface area contributed by atoms with Gasteiger partial charge < -0.3 is 9.32 Å². The molecule has 0 aliphatic carbocycles.